The van der Waals surface area contributed by atoms with Gasteiger partial charge in [0.25, 0.3) is 5.91 Å². The number of hydrogen-bond donors (Lipinski definition) is 2. The first kappa shape index (κ1) is 16.5. The number of primary amides is 1. The quantitative estimate of drug-likeness (QED) is 0.760. The molecular weight excluding hydrogens is 308 g/mol. The zero-order valence-corrected chi connectivity index (χ0v) is 14.1. The molecule has 0 spiro atoms. The maximum atomic E-state index is 12.2. The van der Waals surface area contributed by atoms with Crippen molar-refractivity contribution in [3.63, 3.8) is 0 Å². The van der Waals surface area contributed by atoms with Gasteiger partial charge in [0.15, 0.2) is 5.76 Å². The lowest BCUT2D eigenvalue weighted by Gasteiger charge is -2.18. The standard InChI is InChI=1S/C17H24N4O3/c1-17(4-6-21(2)16(18)23)8-12(17)9-20-15(22)13-7-11-3-5-19-10-14(11)24-13/h3,5,7,10-12,14H,4,6,8-9H2,1-2H3,(H2,18,23)(H,20,22). The molecular formula is C17H24N4O3. The summed E-state index contributed by atoms with van der Waals surface area (Å²) in [5.74, 6) is 0.723. The second-order valence-corrected chi connectivity index (χ2v) is 7.11. The Morgan fingerprint density at radius 1 is 1.54 bits per heavy atom. The minimum absolute atomic E-state index is 0.0961. The van der Waals surface area contributed by atoms with Crippen molar-refractivity contribution >= 4 is 18.2 Å². The molecule has 7 heteroatoms. The molecule has 1 saturated carbocycles. The first-order valence-electron chi connectivity index (χ1n) is 8.26. The molecule has 0 aromatic heterocycles. The summed E-state index contributed by atoms with van der Waals surface area (Å²) in [5, 5.41) is 2.96. The van der Waals surface area contributed by atoms with E-state index in [0.29, 0.717) is 24.8 Å². The van der Waals surface area contributed by atoms with E-state index in [1.165, 1.54) is 4.90 Å². The van der Waals surface area contributed by atoms with Crippen LogP contribution in [-0.2, 0) is 9.53 Å². The Labute approximate surface area is 141 Å². The van der Waals surface area contributed by atoms with E-state index in [-0.39, 0.29) is 23.3 Å². The summed E-state index contributed by atoms with van der Waals surface area (Å²) in [5.41, 5.74) is 5.39. The summed E-state index contributed by atoms with van der Waals surface area (Å²) in [4.78, 5) is 28.8. The van der Waals surface area contributed by atoms with Crippen LogP contribution >= 0.6 is 0 Å². The fourth-order valence-electron chi connectivity index (χ4n) is 3.21. The first-order chi connectivity index (χ1) is 11.4. The lowest BCUT2D eigenvalue weighted by Crippen LogP contribution is -2.34. The number of carbonyl (C=O) groups excluding carboxylic acids is 2. The maximum Gasteiger partial charge on any atom is 0.314 e. The minimum Gasteiger partial charge on any atom is -0.478 e. The summed E-state index contributed by atoms with van der Waals surface area (Å²) >= 11 is 0. The number of nitrogens with zero attached hydrogens (tertiary/aromatic N) is 2. The van der Waals surface area contributed by atoms with E-state index >= 15 is 0 Å². The number of nitrogens with two attached hydrogens (primary N) is 1. The summed E-state index contributed by atoms with van der Waals surface area (Å²) in [6.45, 7) is 3.44. The number of nitrogens with one attached hydrogen (secondary N) is 1. The lowest BCUT2D eigenvalue weighted by molar-refractivity contribution is -0.120. The molecule has 0 saturated heterocycles. The van der Waals surface area contributed by atoms with Crippen LogP contribution in [-0.4, -0.2) is 49.3 Å². The van der Waals surface area contributed by atoms with Gasteiger partial charge in [0, 0.05) is 38.5 Å². The SMILES string of the molecule is CN(CCC1(C)CC1CNC(=O)C1=CC2C=CN=CC2O1)C(N)=O. The average molecular weight is 332 g/mol. The van der Waals surface area contributed by atoms with E-state index in [1.807, 2.05) is 12.2 Å². The molecule has 1 fully saturated rings. The van der Waals surface area contributed by atoms with Gasteiger partial charge in [-0.2, -0.15) is 0 Å². The molecule has 0 bridgehead atoms. The van der Waals surface area contributed by atoms with Crippen LogP contribution in [0.25, 0.3) is 0 Å². The van der Waals surface area contributed by atoms with Crippen molar-refractivity contribution < 1.29 is 14.3 Å². The summed E-state index contributed by atoms with van der Waals surface area (Å²) in [6.07, 6.45) is 8.98. The van der Waals surface area contributed by atoms with Crippen molar-refractivity contribution in [1.82, 2.24) is 10.2 Å². The fourth-order valence-corrected chi connectivity index (χ4v) is 3.21. The number of amides is 3. The zero-order valence-electron chi connectivity index (χ0n) is 14.1. The summed E-state index contributed by atoms with van der Waals surface area (Å²) in [6, 6.07) is -0.409. The highest BCUT2D eigenvalue weighted by Gasteiger charge is 2.49. The third-order valence-electron chi connectivity index (χ3n) is 5.28. The number of urea groups is 1. The number of fused-ring (bicyclic) bond motifs is 1. The van der Waals surface area contributed by atoms with Crippen molar-refractivity contribution in [1.29, 1.82) is 0 Å². The molecule has 4 atom stereocenters. The Morgan fingerprint density at radius 2 is 2.33 bits per heavy atom. The predicted octanol–water partition coefficient (Wildman–Crippen LogP) is 1.03. The van der Waals surface area contributed by atoms with Crippen LogP contribution in [0.5, 0.6) is 0 Å². The lowest BCUT2D eigenvalue weighted by atomic mass is 10.0. The number of rotatable bonds is 6. The molecule has 4 unspecified atom stereocenters. The van der Waals surface area contributed by atoms with Crippen LogP contribution < -0.4 is 11.1 Å². The molecule has 7 nitrogen and oxygen atoms in total. The molecule has 130 valence electrons. The molecule has 0 radical (unpaired) electrons. The second kappa shape index (κ2) is 6.30. The Kier molecular flexibility index (Phi) is 4.34. The third kappa shape index (κ3) is 3.44. The van der Waals surface area contributed by atoms with Gasteiger partial charge in [-0.25, -0.2) is 4.79 Å². The molecule has 24 heavy (non-hydrogen) atoms. The van der Waals surface area contributed by atoms with E-state index in [2.05, 4.69) is 17.2 Å². The molecule has 3 amide bonds. The van der Waals surface area contributed by atoms with Crippen molar-refractivity contribution in [2.75, 3.05) is 20.1 Å². The van der Waals surface area contributed by atoms with E-state index in [1.54, 1.807) is 19.5 Å². The van der Waals surface area contributed by atoms with Crippen LogP contribution in [0.1, 0.15) is 19.8 Å². The smallest absolute Gasteiger partial charge is 0.314 e. The molecule has 1 aliphatic carbocycles. The van der Waals surface area contributed by atoms with E-state index in [4.69, 9.17) is 10.5 Å². The Balaban J connectivity index is 1.42. The fraction of sp³-hybridized carbons (Fsp3) is 0.588. The van der Waals surface area contributed by atoms with Gasteiger partial charge in [0.1, 0.15) is 6.10 Å². The van der Waals surface area contributed by atoms with Crippen molar-refractivity contribution in [3.05, 3.63) is 24.1 Å². The van der Waals surface area contributed by atoms with Crippen molar-refractivity contribution in [2.45, 2.75) is 25.9 Å². The molecule has 0 aromatic carbocycles. The van der Waals surface area contributed by atoms with Gasteiger partial charge in [-0.15, -0.1) is 0 Å². The van der Waals surface area contributed by atoms with E-state index < -0.39 is 6.03 Å². The first-order valence-corrected chi connectivity index (χ1v) is 8.26. The van der Waals surface area contributed by atoms with E-state index in [0.717, 1.165) is 12.8 Å². The van der Waals surface area contributed by atoms with Crippen molar-refractivity contribution in [3.8, 4) is 0 Å². The predicted molar refractivity (Wildman–Crippen MR) is 90.1 cm³/mol. The Morgan fingerprint density at radius 3 is 3.04 bits per heavy atom. The molecule has 2 heterocycles. The minimum atomic E-state index is -0.409. The Bertz CT molecular complexity index is 627. The summed E-state index contributed by atoms with van der Waals surface area (Å²) in [7, 11) is 1.70. The number of aliphatic imine (C=N–C) groups is 1. The van der Waals surface area contributed by atoms with Gasteiger partial charge in [0.2, 0.25) is 0 Å². The molecule has 3 rings (SSSR count). The third-order valence-corrected chi connectivity index (χ3v) is 5.28. The molecule has 3 N–H and O–H groups in total. The highest BCUT2D eigenvalue weighted by atomic mass is 16.5. The highest BCUT2D eigenvalue weighted by Crippen LogP contribution is 2.54. The van der Waals surface area contributed by atoms with Crippen LogP contribution in [0.4, 0.5) is 4.79 Å². The van der Waals surface area contributed by atoms with Gasteiger partial charge in [0.05, 0.1) is 0 Å². The monoisotopic (exact) mass is 332 g/mol. The van der Waals surface area contributed by atoms with Gasteiger partial charge in [-0.3, -0.25) is 9.79 Å². The average Bonchev–Trinajstić information content (AvgIpc) is 3.01. The van der Waals surface area contributed by atoms with Gasteiger partial charge < -0.3 is 20.7 Å². The topological polar surface area (TPSA) is 97.0 Å². The number of carbonyl (C=O) groups is 2. The van der Waals surface area contributed by atoms with Crippen LogP contribution in [0, 0.1) is 17.3 Å². The normalized spacial score (nSPS) is 32.6. The zero-order chi connectivity index (χ0) is 17.3. The largest absolute Gasteiger partial charge is 0.478 e. The molecule has 3 aliphatic rings. The summed E-state index contributed by atoms with van der Waals surface area (Å²) < 4.78 is 5.63. The maximum absolute atomic E-state index is 12.2. The highest BCUT2D eigenvalue weighted by molar-refractivity contribution is 5.92. The molecule has 0 aromatic rings. The number of ether oxygens (including phenoxy) is 1. The van der Waals surface area contributed by atoms with Gasteiger partial charge in [-0.1, -0.05) is 13.0 Å². The number of hydrogen-bond acceptors (Lipinski definition) is 4. The van der Waals surface area contributed by atoms with Crippen LogP contribution in [0.3, 0.4) is 0 Å². The van der Waals surface area contributed by atoms with E-state index in [9.17, 15) is 9.59 Å². The van der Waals surface area contributed by atoms with Crippen LogP contribution in [0.15, 0.2) is 29.1 Å². The molecule has 2 aliphatic heterocycles. The Hall–Kier alpha value is -2.31. The van der Waals surface area contributed by atoms with Gasteiger partial charge in [-0.05, 0) is 30.3 Å². The second-order valence-electron chi connectivity index (χ2n) is 7.11. The van der Waals surface area contributed by atoms with Crippen LogP contribution in [0.2, 0.25) is 0 Å². The van der Waals surface area contributed by atoms with Crippen molar-refractivity contribution in [2.24, 2.45) is 28.0 Å². The van der Waals surface area contributed by atoms with Gasteiger partial charge >= 0.3 is 6.03 Å².